The molecule has 10 heteroatoms. The van der Waals surface area contributed by atoms with Gasteiger partial charge in [-0.15, -0.1) is 0 Å². The molecule has 9 nitrogen and oxygen atoms in total. The van der Waals surface area contributed by atoms with Crippen LogP contribution in [0.5, 0.6) is 0 Å². The smallest absolute Gasteiger partial charge is 0.332 e. The molecule has 0 bridgehead atoms. The lowest BCUT2D eigenvalue weighted by Crippen LogP contribution is -2.41. The van der Waals surface area contributed by atoms with Crippen molar-refractivity contribution in [1.82, 2.24) is 18.9 Å². The number of fused-ring (bicyclic) bond motifs is 2. The zero-order valence-electron chi connectivity index (χ0n) is 17.8. The highest BCUT2D eigenvalue weighted by molar-refractivity contribution is 6.27. The highest BCUT2D eigenvalue weighted by Gasteiger charge is 2.32. The van der Waals surface area contributed by atoms with Gasteiger partial charge in [-0.25, -0.2) is 13.9 Å². The van der Waals surface area contributed by atoms with Gasteiger partial charge in [0, 0.05) is 37.8 Å². The van der Waals surface area contributed by atoms with Gasteiger partial charge < -0.3 is 4.90 Å². The van der Waals surface area contributed by atoms with Crippen molar-refractivity contribution in [3.63, 3.8) is 0 Å². The minimum atomic E-state index is -0.502. The van der Waals surface area contributed by atoms with E-state index in [9.17, 15) is 14.4 Å². The molecule has 3 heterocycles. The van der Waals surface area contributed by atoms with Crippen molar-refractivity contribution in [2.75, 3.05) is 22.5 Å². The van der Waals surface area contributed by atoms with Crippen LogP contribution in [0.4, 0.5) is 11.5 Å². The summed E-state index contributed by atoms with van der Waals surface area (Å²) in [6.45, 7) is 4.67. The molecule has 0 radical (unpaired) electrons. The van der Waals surface area contributed by atoms with Crippen molar-refractivity contribution in [3.8, 4) is 0 Å². The number of allylic oxidation sites excluding steroid dienone is 1. The van der Waals surface area contributed by atoms with Gasteiger partial charge in [0.25, 0.3) is 11.1 Å². The van der Waals surface area contributed by atoms with Crippen molar-refractivity contribution in [1.29, 1.82) is 0 Å². The fraction of sp³-hybridized carbons (Fsp3) is 0.333. The van der Waals surface area contributed by atoms with E-state index in [1.165, 1.54) is 13.7 Å². The third-order valence-electron chi connectivity index (χ3n) is 5.40. The molecule has 0 saturated carbocycles. The van der Waals surface area contributed by atoms with Gasteiger partial charge in [0.1, 0.15) is 12.4 Å². The monoisotopic (exact) mass is 442 g/mol. The first-order valence-corrected chi connectivity index (χ1v) is 10.1. The SMILES string of the molecule is CC(C)=CCN1CN(Cl)c2c1c(=O)n(Cc1nn(C)c(=O)c3ccccc13)c(=O)n2C. The van der Waals surface area contributed by atoms with Crippen LogP contribution in [0.25, 0.3) is 10.8 Å². The summed E-state index contributed by atoms with van der Waals surface area (Å²) >= 11 is 6.34. The molecule has 0 spiro atoms. The molecule has 31 heavy (non-hydrogen) atoms. The van der Waals surface area contributed by atoms with E-state index in [1.54, 1.807) is 38.4 Å². The quantitative estimate of drug-likeness (QED) is 0.450. The van der Waals surface area contributed by atoms with E-state index in [4.69, 9.17) is 11.8 Å². The first-order valence-electron chi connectivity index (χ1n) is 9.81. The molecule has 0 aliphatic carbocycles. The number of hydrogen-bond donors (Lipinski definition) is 0. The number of anilines is 2. The van der Waals surface area contributed by atoms with E-state index in [0.717, 1.165) is 10.1 Å². The Morgan fingerprint density at radius 2 is 1.77 bits per heavy atom. The topological polar surface area (TPSA) is 85.4 Å². The van der Waals surface area contributed by atoms with Crippen molar-refractivity contribution in [3.05, 3.63) is 72.8 Å². The summed E-state index contributed by atoms with van der Waals surface area (Å²) in [7, 11) is 3.14. The first-order chi connectivity index (χ1) is 14.7. The van der Waals surface area contributed by atoms with Crippen LogP contribution in [0, 0.1) is 0 Å². The molecule has 1 aromatic carbocycles. The molecule has 1 aliphatic rings. The molecule has 0 saturated heterocycles. The minimum absolute atomic E-state index is 0.0633. The number of aromatic nitrogens is 4. The Balaban J connectivity index is 1.91. The molecule has 162 valence electrons. The fourth-order valence-electron chi connectivity index (χ4n) is 3.81. The summed E-state index contributed by atoms with van der Waals surface area (Å²) in [4.78, 5) is 40.8. The predicted molar refractivity (Wildman–Crippen MR) is 122 cm³/mol. The maximum absolute atomic E-state index is 13.4. The molecule has 0 amide bonds. The summed E-state index contributed by atoms with van der Waals surface area (Å²) in [6.07, 6.45) is 2.00. The summed E-state index contributed by atoms with van der Waals surface area (Å²) in [6, 6.07) is 7.04. The molecule has 1 aliphatic heterocycles. The van der Waals surface area contributed by atoms with Gasteiger partial charge in [0.15, 0.2) is 5.82 Å². The van der Waals surface area contributed by atoms with Gasteiger partial charge in [-0.05, 0) is 19.9 Å². The number of hydrogen-bond acceptors (Lipinski definition) is 6. The zero-order chi connectivity index (χ0) is 22.4. The Labute approximate surface area is 183 Å². The molecule has 0 N–H and O–H groups in total. The molecular formula is C21H23ClN6O3. The summed E-state index contributed by atoms with van der Waals surface area (Å²) in [5.41, 5.74) is 0.762. The lowest BCUT2D eigenvalue weighted by atomic mass is 10.1. The summed E-state index contributed by atoms with van der Waals surface area (Å²) in [5.74, 6) is 0.369. The molecular weight excluding hydrogens is 420 g/mol. The number of benzene rings is 1. The Morgan fingerprint density at radius 1 is 1.10 bits per heavy atom. The predicted octanol–water partition coefficient (Wildman–Crippen LogP) is 1.55. The molecule has 0 fully saturated rings. The molecule has 3 aromatic rings. The summed E-state index contributed by atoms with van der Waals surface area (Å²) in [5, 5.41) is 5.43. The average molecular weight is 443 g/mol. The number of aryl methyl sites for hydroxylation is 1. The van der Waals surface area contributed by atoms with E-state index in [1.807, 2.05) is 24.8 Å². The van der Waals surface area contributed by atoms with Gasteiger partial charge in [0.2, 0.25) is 0 Å². The van der Waals surface area contributed by atoms with Crippen molar-refractivity contribution in [2.45, 2.75) is 20.4 Å². The average Bonchev–Trinajstić information content (AvgIpc) is 3.08. The van der Waals surface area contributed by atoms with Crippen molar-refractivity contribution in [2.24, 2.45) is 14.1 Å². The third-order valence-corrected chi connectivity index (χ3v) is 5.66. The Morgan fingerprint density at radius 3 is 2.45 bits per heavy atom. The fourth-order valence-corrected chi connectivity index (χ4v) is 4.13. The van der Waals surface area contributed by atoms with E-state index < -0.39 is 11.2 Å². The Bertz CT molecular complexity index is 1400. The largest absolute Gasteiger partial charge is 0.341 e. The summed E-state index contributed by atoms with van der Waals surface area (Å²) < 4.78 is 5.11. The standard InChI is InChI=1S/C21H23ClN6O3/c1-13(2)9-10-26-12-28(22)18-17(26)20(30)27(21(31)24(18)3)11-16-14-7-5-6-8-15(14)19(29)25(4)23-16/h5-9H,10-12H2,1-4H3. The number of rotatable bonds is 4. The van der Waals surface area contributed by atoms with Crippen LogP contribution in [0.15, 0.2) is 50.3 Å². The van der Waals surface area contributed by atoms with Crippen molar-refractivity contribution >= 4 is 34.1 Å². The van der Waals surface area contributed by atoms with Crippen LogP contribution in [-0.4, -0.2) is 32.1 Å². The van der Waals surface area contributed by atoms with Gasteiger partial charge in [-0.3, -0.25) is 18.7 Å². The van der Waals surface area contributed by atoms with Crippen LogP contribution in [0.3, 0.4) is 0 Å². The maximum atomic E-state index is 13.4. The second-order valence-corrected chi connectivity index (χ2v) is 8.24. The second-order valence-electron chi connectivity index (χ2n) is 7.83. The number of nitrogens with zero attached hydrogens (tertiary/aromatic N) is 6. The highest BCUT2D eigenvalue weighted by Crippen LogP contribution is 2.32. The lowest BCUT2D eigenvalue weighted by molar-refractivity contribution is 0.611. The van der Waals surface area contributed by atoms with Crippen LogP contribution in [0.2, 0.25) is 0 Å². The normalized spacial score (nSPS) is 13.1. The zero-order valence-corrected chi connectivity index (χ0v) is 18.5. The Hall–Kier alpha value is -3.33. The van der Waals surface area contributed by atoms with E-state index in [2.05, 4.69) is 5.10 Å². The lowest BCUT2D eigenvalue weighted by Gasteiger charge is -2.17. The van der Waals surface area contributed by atoms with Gasteiger partial charge in [-0.1, -0.05) is 29.8 Å². The Kier molecular flexibility index (Phi) is 5.22. The van der Waals surface area contributed by atoms with Gasteiger partial charge in [0.05, 0.1) is 17.6 Å². The second kappa shape index (κ2) is 7.73. The maximum Gasteiger partial charge on any atom is 0.332 e. The third kappa shape index (κ3) is 3.44. The molecule has 2 aromatic heterocycles. The first kappa shape index (κ1) is 20.9. The van der Waals surface area contributed by atoms with Gasteiger partial charge >= 0.3 is 5.69 Å². The molecule has 0 atom stereocenters. The van der Waals surface area contributed by atoms with Crippen LogP contribution in [0.1, 0.15) is 19.5 Å². The molecule has 0 unspecified atom stereocenters. The van der Waals surface area contributed by atoms with Crippen molar-refractivity contribution < 1.29 is 0 Å². The van der Waals surface area contributed by atoms with E-state index >= 15 is 0 Å². The highest BCUT2D eigenvalue weighted by atomic mass is 35.5. The molecule has 4 rings (SSSR count). The van der Waals surface area contributed by atoms with Crippen LogP contribution in [-0.2, 0) is 20.6 Å². The van der Waals surface area contributed by atoms with Crippen LogP contribution >= 0.6 is 11.8 Å². The van der Waals surface area contributed by atoms with Gasteiger partial charge in [-0.2, -0.15) is 5.10 Å². The van der Waals surface area contributed by atoms with Crippen LogP contribution < -0.4 is 26.1 Å². The van der Waals surface area contributed by atoms with E-state index in [0.29, 0.717) is 34.5 Å². The van der Waals surface area contributed by atoms with E-state index in [-0.39, 0.29) is 18.8 Å². The number of halogens is 1. The minimum Gasteiger partial charge on any atom is -0.341 e.